The summed E-state index contributed by atoms with van der Waals surface area (Å²) in [7, 11) is 0. The molecule has 2 aliphatic heterocycles. The maximum Gasteiger partial charge on any atom is 0.255 e. The summed E-state index contributed by atoms with van der Waals surface area (Å²) in [5.74, 6) is 0.593. The number of hydrogen-bond donors (Lipinski definition) is 1. The van der Waals surface area contributed by atoms with E-state index in [1.54, 1.807) is 0 Å². The fourth-order valence-electron chi connectivity index (χ4n) is 5.25. The van der Waals surface area contributed by atoms with Crippen molar-refractivity contribution < 1.29 is 14.3 Å². The van der Waals surface area contributed by atoms with Gasteiger partial charge in [-0.1, -0.05) is 31.4 Å². The lowest BCUT2D eigenvalue weighted by Gasteiger charge is -2.33. The minimum atomic E-state index is -0.0566. The molecule has 6 heteroatoms. The van der Waals surface area contributed by atoms with E-state index in [1.165, 1.54) is 43.4 Å². The molecular weight excluding hydrogens is 414 g/mol. The molecule has 0 aromatic heterocycles. The molecule has 1 aliphatic carbocycles. The third-order valence-electron chi connectivity index (χ3n) is 7.21. The fourth-order valence-corrected chi connectivity index (χ4v) is 5.25. The number of amides is 1. The number of benzene rings is 2. The van der Waals surface area contributed by atoms with Crippen molar-refractivity contribution in [2.24, 2.45) is 0 Å². The number of ether oxygens (including phenoxy) is 2. The van der Waals surface area contributed by atoms with Crippen LogP contribution in [0, 0.1) is 0 Å². The highest BCUT2D eigenvalue weighted by atomic mass is 16.5. The molecule has 33 heavy (non-hydrogen) atoms. The van der Waals surface area contributed by atoms with E-state index in [4.69, 9.17) is 9.47 Å². The van der Waals surface area contributed by atoms with Gasteiger partial charge in [-0.3, -0.25) is 4.79 Å². The lowest BCUT2D eigenvalue weighted by Crippen LogP contribution is -2.38. The van der Waals surface area contributed by atoms with Gasteiger partial charge in [-0.2, -0.15) is 0 Å². The van der Waals surface area contributed by atoms with Gasteiger partial charge in [0.05, 0.1) is 37.8 Å². The molecule has 6 nitrogen and oxygen atoms in total. The van der Waals surface area contributed by atoms with E-state index in [2.05, 4.69) is 39.4 Å². The van der Waals surface area contributed by atoms with Gasteiger partial charge in [0.2, 0.25) is 0 Å². The van der Waals surface area contributed by atoms with Gasteiger partial charge in [-0.25, -0.2) is 0 Å². The third-order valence-corrected chi connectivity index (χ3v) is 7.21. The average molecular weight is 450 g/mol. The number of hydrogen-bond acceptors (Lipinski definition) is 5. The fraction of sp³-hybridized carbons (Fsp3) is 0.519. The summed E-state index contributed by atoms with van der Waals surface area (Å²) < 4.78 is 11.1. The summed E-state index contributed by atoms with van der Waals surface area (Å²) in [4.78, 5) is 17.8. The first-order valence-corrected chi connectivity index (χ1v) is 12.5. The van der Waals surface area contributed by atoms with Crippen LogP contribution in [-0.4, -0.2) is 58.5 Å². The second-order valence-electron chi connectivity index (χ2n) is 9.31. The molecule has 3 fully saturated rings. The van der Waals surface area contributed by atoms with E-state index >= 15 is 0 Å². The van der Waals surface area contributed by atoms with Crippen LogP contribution in [0.1, 0.15) is 53.9 Å². The van der Waals surface area contributed by atoms with Gasteiger partial charge in [0, 0.05) is 37.4 Å². The van der Waals surface area contributed by atoms with Crippen molar-refractivity contribution in [1.29, 1.82) is 0 Å². The topological polar surface area (TPSA) is 54.0 Å². The number of carbonyl (C=O) groups excluding carboxylic acids is 1. The minimum Gasteiger partial charge on any atom is -0.378 e. The molecule has 2 aromatic rings. The molecule has 2 aromatic carbocycles. The van der Waals surface area contributed by atoms with E-state index in [1.807, 2.05) is 18.2 Å². The SMILES string of the molecule is O=C(Nc1ccc(N2CCOCC2)cc1N1CCOCC1)c1ccc(C2CCCCC2)cc1. The Balaban J connectivity index is 1.34. The monoisotopic (exact) mass is 449 g/mol. The van der Waals surface area contributed by atoms with Gasteiger partial charge in [0.15, 0.2) is 0 Å². The molecule has 3 aliphatic rings. The van der Waals surface area contributed by atoms with Crippen molar-refractivity contribution in [1.82, 2.24) is 0 Å². The molecule has 0 radical (unpaired) electrons. The molecule has 0 bridgehead atoms. The van der Waals surface area contributed by atoms with Crippen molar-refractivity contribution in [3.05, 3.63) is 53.6 Å². The zero-order valence-corrected chi connectivity index (χ0v) is 19.4. The van der Waals surface area contributed by atoms with Crippen LogP contribution in [0.25, 0.3) is 0 Å². The van der Waals surface area contributed by atoms with E-state index < -0.39 is 0 Å². The molecule has 1 saturated carbocycles. The first-order valence-electron chi connectivity index (χ1n) is 12.5. The highest BCUT2D eigenvalue weighted by molar-refractivity contribution is 6.06. The Morgan fingerprint density at radius 1 is 0.788 bits per heavy atom. The van der Waals surface area contributed by atoms with Gasteiger partial charge in [0.1, 0.15) is 0 Å². The highest BCUT2D eigenvalue weighted by Crippen LogP contribution is 2.34. The van der Waals surface area contributed by atoms with Crippen molar-refractivity contribution in [2.45, 2.75) is 38.0 Å². The number of morpholine rings is 2. The van der Waals surface area contributed by atoms with E-state index in [0.717, 1.165) is 50.8 Å². The van der Waals surface area contributed by atoms with E-state index in [9.17, 15) is 4.79 Å². The molecule has 5 rings (SSSR count). The lowest BCUT2D eigenvalue weighted by molar-refractivity contribution is 0.102. The molecular formula is C27H35N3O3. The summed E-state index contributed by atoms with van der Waals surface area (Å²) in [6, 6.07) is 14.6. The number of carbonyl (C=O) groups is 1. The van der Waals surface area contributed by atoms with Crippen LogP contribution >= 0.6 is 0 Å². The molecule has 2 heterocycles. The van der Waals surface area contributed by atoms with Crippen LogP contribution in [0.15, 0.2) is 42.5 Å². The van der Waals surface area contributed by atoms with E-state index in [-0.39, 0.29) is 5.91 Å². The molecule has 0 spiro atoms. The van der Waals surface area contributed by atoms with Crippen LogP contribution in [0.2, 0.25) is 0 Å². The Hall–Kier alpha value is -2.57. The Kier molecular flexibility index (Phi) is 7.12. The molecule has 0 unspecified atom stereocenters. The Bertz CT molecular complexity index is 928. The summed E-state index contributed by atoms with van der Waals surface area (Å²) in [6.07, 6.45) is 6.52. The maximum absolute atomic E-state index is 13.1. The predicted molar refractivity (Wildman–Crippen MR) is 133 cm³/mol. The first kappa shape index (κ1) is 22.2. The van der Waals surface area contributed by atoms with Crippen LogP contribution in [-0.2, 0) is 9.47 Å². The number of nitrogens with one attached hydrogen (secondary N) is 1. The van der Waals surface area contributed by atoms with Crippen LogP contribution < -0.4 is 15.1 Å². The number of nitrogens with zero attached hydrogens (tertiary/aromatic N) is 2. The zero-order chi connectivity index (χ0) is 22.5. The second-order valence-corrected chi connectivity index (χ2v) is 9.31. The predicted octanol–water partition coefficient (Wildman–Crippen LogP) is 4.66. The molecule has 0 atom stereocenters. The van der Waals surface area contributed by atoms with Crippen molar-refractivity contribution in [3.8, 4) is 0 Å². The van der Waals surface area contributed by atoms with Crippen molar-refractivity contribution in [2.75, 3.05) is 67.7 Å². The van der Waals surface area contributed by atoms with Gasteiger partial charge in [-0.05, 0) is 54.7 Å². The van der Waals surface area contributed by atoms with Gasteiger partial charge in [0.25, 0.3) is 5.91 Å². The highest BCUT2D eigenvalue weighted by Gasteiger charge is 2.20. The Morgan fingerprint density at radius 2 is 1.42 bits per heavy atom. The van der Waals surface area contributed by atoms with Crippen LogP contribution in [0.3, 0.4) is 0 Å². The molecule has 1 amide bonds. The normalized spacial score (nSPS) is 20.0. The zero-order valence-electron chi connectivity index (χ0n) is 19.4. The second kappa shape index (κ2) is 10.6. The lowest BCUT2D eigenvalue weighted by atomic mass is 9.84. The average Bonchev–Trinajstić information content (AvgIpc) is 2.90. The number of rotatable bonds is 5. The Labute approximate surface area is 196 Å². The van der Waals surface area contributed by atoms with Crippen LogP contribution in [0.5, 0.6) is 0 Å². The summed E-state index contributed by atoms with van der Waals surface area (Å²) >= 11 is 0. The summed E-state index contributed by atoms with van der Waals surface area (Å²) in [5, 5.41) is 3.19. The minimum absolute atomic E-state index is 0.0566. The van der Waals surface area contributed by atoms with Gasteiger partial charge < -0.3 is 24.6 Å². The van der Waals surface area contributed by atoms with Gasteiger partial charge >= 0.3 is 0 Å². The molecule has 176 valence electrons. The summed E-state index contributed by atoms with van der Waals surface area (Å²) in [5.41, 5.74) is 5.18. The molecule has 2 saturated heterocycles. The van der Waals surface area contributed by atoms with E-state index in [0.29, 0.717) is 24.7 Å². The maximum atomic E-state index is 13.1. The smallest absolute Gasteiger partial charge is 0.255 e. The third kappa shape index (κ3) is 5.33. The molecule has 1 N–H and O–H groups in total. The quantitative estimate of drug-likeness (QED) is 0.720. The number of anilines is 3. The van der Waals surface area contributed by atoms with Crippen molar-refractivity contribution in [3.63, 3.8) is 0 Å². The van der Waals surface area contributed by atoms with Crippen molar-refractivity contribution >= 4 is 23.0 Å². The van der Waals surface area contributed by atoms with Crippen LogP contribution in [0.4, 0.5) is 17.1 Å². The summed E-state index contributed by atoms with van der Waals surface area (Å²) in [6.45, 7) is 6.35. The first-order chi connectivity index (χ1) is 16.3. The van der Waals surface area contributed by atoms with Gasteiger partial charge in [-0.15, -0.1) is 0 Å². The standard InChI is InChI=1S/C27H35N3O3/c31-27(23-8-6-22(7-9-23)21-4-2-1-3-5-21)28-25-11-10-24(29-12-16-32-17-13-29)20-26(25)30-14-18-33-19-15-30/h6-11,20-21H,1-5,12-19H2,(H,28,31). The largest absolute Gasteiger partial charge is 0.378 e. The Morgan fingerprint density at radius 3 is 2.09 bits per heavy atom.